The molecule has 0 amide bonds. The van der Waals surface area contributed by atoms with Gasteiger partial charge in [-0.25, -0.2) is 9.97 Å². The highest BCUT2D eigenvalue weighted by Gasteiger charge is 2.41. The molecule has 0 aliphatic heterocycles. The number of rotatable bonds is 4. The van der Waals surface area contributed by atoms with Crippen LogP contribution >= 0.6 is 11.6 Å². The zero-order valence-corrected chi connectivity index (χ0v) is 9.24. The molecule has 3 rings (SSSR count). The lowest BCUT2D eigenvalue weighted by molar-refractivity contribution is 0.563. The number of halogens is 1. The molecule has 0 spiro atoms. The number of nitrogens with zero attached hydrogens (tertiary/aromatic N) is 2. The molecule has 0 saturated heterocycles. The number of anilines is 1. The average molecular weight is 224 g/mol. The molecule has 1 aromatic rings. The summed E-state index contributed by atoms with van der Waals surface area (Å²) in [6.45, 7) is 0. The van der Waals surface area contributed by atoms with Crippen LogP contribution in [0.25, 0.3) is 0 Å². The van der Waals surface area contributed by atoms with Crippen molar-refractivity contribution in [2.24, 2.45) is 11.8 Å². The lowest BCUT2D eigenvalue weighted by atomic mass is 10.1. The summed E-state index contributed by atoms with van der Waals surface area (Å²) in [5.74, 6) is 2.44. The van der Waals surface area contributed by atoms with Crippen LogP contribution in [-0.2, 0) is 0 Å². The third-order valence-corrected chi connectivity index (χ3v) is 3.37. The molecule has 2 aliphatic rings. The zero-order chi connectivity index (χ0) is 10.3. The molecule has 3 nitrogen and oxygen atoms in total. The monoisotopic (exact) mass is 223 g/mol. The predicted molar refractivity (Wildman–Crippen MR) is 59.9 cm³/mol. The minimum absolute atomic E-state index is 0.593. The minimum atomic E-state index is 0.593. The lowest BCUT2D eigenvalue weighted by Gasteiger charge is -2.17. The predicted octanol–water partition coefficient (Wildman–Crippen LogP) is 2.73. The third-order valence-electron chi connectivity index (χ3n) is 3.18. The van der Waals surface area contributed by atoms with Gasteiger partial charge in [0, 0.05) is 6.04 Å². The fourth-order valence-electron chi connectivity index (χ4n) is 2.07. The van der Waals surface area contributed by atoms with E-state index in [-0.39, 0.29) is 0 Å². The van der Waals surface area contributed by atoms with Crippen molar-refractivity contribution in [3.63, 3.8) is 0 Å². The number of hydrogen-bond donors (Lipinski definition) is 1. The molecular weight excluding hydrogens is 210 g/mol. The molecule has 2 saturated carbocycles. The first-order chi connectivity index (χ1) is 7.33. The summed E-state index contributed by atoms with van der Waals surface area (Å²) in [4.78, 5) is 8.37. The molecule has 0 unspecified atom stereocenters. The summed E-state index contributed by atoms with van der Waals surface area (Å²) < 4.78 is 0. The number of hydrogen-bond acceptors (Lipinski definition) is 3. The summed E-state index contributed by atoms with van der Waals surface area (Å²) in [7, 11) is 0. The van der Waals surface area contributed by atoms with E-state index in [1.165, 1.54) is 25.7 Å². The van der Waals surface area contributed by atoms with Crippen molar-refractivity contribution >= 4 is 17.5 Å². The van der Waals surface area contributed by atoms with Gasteiger partial charge in [-0.2, -0.15) is 0 Å². The third kappa shape index (κ3) is 2.23. The van der Waals surface area contributed by atoms with Crippen LogP contribution in [0.15, 0.2) is 12.4 Å². The van der Waals surface area contributed by atoms with E-state index < -0.39 is 0 Å². The van der Waals surface area contributed by atoms with E-state index in [0.29, 0.717) is 11.1 Å². The lowest BCUT2D eigenvalue weighted by Crippen LogP contribution is -2.25. The Morgan fingerprint density at radius 1 is 1.13 bits per heavy atom. The molecule has 2 fully saturated rings. The molecule has 0 aromatic carbocycles. The summed E-state index contributed by atoms with van der Waals surface area (Å²) in [6.07, 6.45) is 8.74. The first-order valence-electron chi connectivity index (χ1n) is 5.57. The van der Waals surface area contributed by atoms with Gasteiger partial charge >= 0.3 is 0 Å². The van der Waals surface area contributed by atoms with Crippen molar-refractivity contribution in [2.75, 3.05) is 5.32 Å². The van der Waals surface area contributed by atoms with Gasteiger partial charge in [-0.1, -0.05) is 11.6 Å². The van der Waals surface area contributed by atoms with Crippen LogP contribution in [0.1, 0.15) is 25.7 Å². The van der Waals surface area contributed by atoms with Gasteiger partial charge < -0.3 is 5.32 Å². The van der Waals surface area contributed by atoms with Crippen molar-refractivity contribution < 1.29 is 0 Å². The molecule has 15 heavy (non-hydrogen) atoms. The summed E-state index contributed by atoms with van der Waals surface area (Å²) in [6, 6.07) is 0.603. The first kappa shape index (κ1) is 9.40. The second-order valence-corrected chi connectivity index (χ2v) is 5.01. The molecule has 4 heteroatoms. The van der Waals surface area contributed by atoms with E-state index in [2.05, 4.69) is 15.3 Å². The van der Waals surface area contributed by atoms with E-state index in [1.54, 1.807) is 12.4 Å². The van der Waals surface area contributed by atoms with Crippen LogP contribution in [0.5, 0.6) is 0 Å². The molecule has 0 bridgehead atoms. The Kier molecular flexibility index (Phi) is 2.28. The molecule has 1 N–H and O–H groups in total. The van der Waals surface area contributed by atoms with Crippen LogP contribution < -0.4 is 5.32 Å². The van der Waals surface area contributed by atoms with Crippen molar-refractivity contribution in [3.8, 4) is 0 Å². The van der Waals surface area contributed by atoms with Crippen molar-refractivity contribution in [1.82, 2.24) is 9.97 Å². The molecular formula is C11H14ClN3. The van der Waals surface area contributed by atoms with Gasteiger partial charge in [0.25, 0.3) is 0 Å². The molecule has 80 valence electrons. The normalized spacial score (nSPS) is 20.7. The highest BCUT2D eigenvalue weighted by atomic mass is 35.5. The van der Waals surface area contributed by atoms with Crippen LogP contribution in [0, 0.1) is 11.8 Å². The van der Waals surface area contributed by atoms with Crippen LogP contribution in [0.4, 0.5) is 5.95 Å². The molecule has 0 radical (unpaired) electrons. The van der Waals surface area contributed by atoms with Gasteiger partial charge in [0.15, 0.2) is 0 Å². The Morgan fingerprint density at radius 2 is 1.67 bits per heavy atom. The highest BCUT2D eigenvalue weighted by molar-refractivity contribution is 6.30. The maximum absolute atomic E-state index is 5.75. The quantitative estimate of drug-likeness (QED) is 0.853. The van der Waals surface area contributed by atoms with Gasteiger partial charge in [0.2, 0.25) is 5.95 Å². The van der Waals surface area contributed by atoms with Gasteiger partial charge in [-0.05, 0) is 37.5 Å². The van der Waals surface area contributed by atoms with Gasteiger partial charge in [0.1, 0.15) is 0 Å². The Morgan fingerprint density at radius 3 is 2.13 bits per heavy atom. The smallest absolute Gasteiger partial charge is 0.222 e. The highest BCUT2D eigenvalue weighted by Crippen LogP contribution is 2.45. The van der Waals surface area contributed by atoms with Crippen LogP contribution in [0.3, 0.4) is 0 Å². The fraction of sp³-hybridized carbons (Fsp3) is 0.636. The van der Waals surface area contributed by atoms with Crippen molar-refractivity contribution in [3.05, 3.63) is 17.4 Å². The van der Waals surface area contributed by atoms with E-state index in [0.717, 1.165) is 17.8 Å². The number of nitrogens with one attached hydrogen (secondary N) is 1. The Balaban J connectivity index is 1.69. The number of aromatic nitrogens is 2. The molecule has 0 atom stereocenters. The fourth-order valence-corrected chi connectivity index (χ4v) is 2.16. The summed E-state index contributed by atoms with van der Waals surface area (Å²) in [5, 5.41) is 4.04. The van der Waals surface area contributed by atoms with Crippen molar-refractivity contribution in [2.45, 2.75) is 31.7 Å². The van der Waals surface area contributed by atoms with E-state index in [9.17, 15) is 0 Å². The van der Waals surface area contributed by atoms with Gasteiger partial charge in [-0.3, -0.25) is 0 Å². The second-order valence-electron chi connectivity index (χ2n) is 4.57. The van der Waals surface area contributed by atoms with Gasteiger partial charge in [-0.15, -0.1) is 0 Å². The van der Waals surface area contributed by atoms with E-state index >= 15 is 0 Å². The first-order valence-corrected chi connectivity index (χ1v) is 5.95. The Hall–Kier alpha value is -0.830. The molecule has 1 aromatic heterocycles. The summed E-state index contributed by atoms with van der Waals surface area (Å²) >= 11 is 5.75. The standard InChI is InChI=1S/C11H14ClN3/c12-9-5-13-11(14-6-9)15-10(7-1-2-7)8-3-4-8/h5-8,10H,1-4H2,(H,13,14,15). The maximum Gasteiger partial charge on any atom is 0.222 e. The SMILES string of the molecule is Clc1cnc(NC(C2CC2)C2CC2)nc1. The topological polar surface area (TPSA) is 37.8 Å². The second kappa shape index (κ2) is 3.63. The van der Waals surface area contributed by atoms with E-state index in [4.69, 9.17) is 11.6 Å². The largest absolute Gasteiger partial charge is 0.351 e. The summed E-state index contributed by atoms with van der Waals surface area (Å²) in [5.41, 5.74) is 0. The average Bonchev–Trinajstić information content (AvgIpc) is 3.11. The maximum atomic E-state index is 5.75. The zero-order valence-electron chi connectivity index (χ0n) is 8.49. The molecule has 1 heterocycles. The van der Waals surface area contributed by atoms with Crippen LogP contribution in [0.2, 0.25) is 5.02 Å². The van der Waals surface area contributed by atoms with Crippen LogP contribution in [-0.4, -0.2) is 16.0 Å². The minimum Gasteiger partial charge on any atom is -0.351 e. The van der Waals surface area contributed by atoms with Crippen molar-refractivity contribution in [1.29, 1.82) is 0 Å². The molecule has 2 aliphatic carbocycles. The van der Waals surface area contributed by atoms with Gasteiger partial charge in [0.05, 0.1) is 17.4 Å². The van der Waals surface area contributed by atoms with E-state index in [1.807, 2.05) is 0 Å². The Bertz CT molecular complexity index is 331. The Labute approximate surface area is 94.3 Å².